The molecule has 0 aliphatic carbocycles. The highest BCUT2D eigenvalue weighted by Crippen LogP contribution is 2.21. The van der Waals surface area contributed by atoms with E-state index < -0.39 is 37.3 Å². The molecule has 0 aromatic carbocycles. The Bertz CT molecular complexity index is 287. The van der Waals surface area contributed by atoms with Crippen LogP contribution < -0.4 is 0 Å². The lowest BCUT2D eigenvalue weighted by molar-refractivity contribution is -0.301. The molecule has 0 bridgehead atoms. The summed E-state index contributed by atoms with van der Waals surface area (Å²) in [6.07, 6.45) is -5.79. The lowest BCUT2D eigenvalue weighted by Gasteiger charge is -2.39. The quantitative estimate of drug-likeness (QED) is 0.225. The lowest BCUT2D eigenvalue weighted by Crippen LogP contribution is -2.59. The topological polar surface area (TPSA) is 143 Å². The first-order chi connectivity index (χ1) is 10.5. The van der Waals surface area contributed by atoms with Gasteiger partial charge in [0.15, 0.2) is 6.29 Å². The van der Waals surface area contributed by atoms with Gasteiger partial charge in [-0.05, 0) is 6.42 Å². The van der Waals surface area contributed by atoms with Gasteiger partial charge < -0.3 is 40.1 Å². The highest BCUT2D eigenvalue weighted by molar-refractivity contribution is 4.88. The van der Waals surface area contributed by atoms with E-state index in [2.05, 4.69) is 0 Å². The van der Waals surface area contributed by atoms with Gasteiger partial charge in [0.2, 0.25) is 0 Å². The van der Waals surface area contributed by atoms with Crippen LogP contribution in [-0.2, 0) is 9.47 Å². The Kier molecular flexibility index (Phi) is 9.33. The van der Waals surface area contributed by atoms with Crippen molar-refractivity contribution in [3.63, 3.8) is 0 Å². The first-order valence-electron chi connectivity index (χ1n) is 7.41. The van der Waals surface area contributed by atoms with Crippen molar-refractivity contribution in [3.05, 3.63) is 0 Å². The zero-order chi connectivity index (χ0) is 16.5. The Morgan fingerprint density at radius 2 is 1.50 bits per heavy atom. The van der Waals surface area contributed by atoms with Gasteiger partial charge in [0.05, 0.1) is 26.4 Å². The van der Waals surface area contributed by atoms with Gasteiger partial charge in [-0.1, -0.05) is 0 Å². The summed E-state index contributed by atoms with van der Waals surface area (Å²) in [5, 5.41) is 55.9. The van der Waals surface area contributed by atoms with Crippen molar-refractivity contribution in [2.45, 2.75) is 37.1 Å². The molecular weight excluding hydrogens is 298 g/mol. The minimum Gasteiger partial charge on any atom is -0.395 e. The van der Waals surface area contributed by atoms with Crippen LogP contribution in [0.1, 0.15) is 6.42 Å². The average Bonchev–Trinajstić information content (AvgIpc) is 2.51. The van der Waals surface area contributed by atoms with E-state index in [1.807, 2.05) is 4.90 Å². The lowest BCUT2D eigenvalue weighted by atomic mass is 9.99. The summed E-state index contributed by atoms with van der Waals surface area (Å²) in [6.45, 7) is 1.18. The fourth-order valence-corrected chi connectivity index (χ4v) is 2.31. The number of rotatable bonds is 10. The van der Waals surface area contributed by atoms with Gasteiger partial charge in [0.1, 0.15) is 24.4 Å². The molecule has 1 rings (SSSR count). The normalized spacial score (nSPS) is 32.6. The first-order valence-corrected chi connectivity index (χ1v) is 7.41. The van der Waals surface area contributed by atoms with E-state index >= 15 is 0 Å². The van der Waals surface area contributed by atoms with Gasteiger partial charge in [-0.3, -0.25) is 4.90 Å². The smallest absolute Gasteiger partial charge is 0.186 e. The van der Waals surface area contributed by atoms with E-state index in [1.54, 1.807) is 0 Å². The minimum atomic E-state index is -1.45. The second kappa shape index (κ2) is 10.4. The van der Waals surface area contributed by atoms with Crippen LogP contribution in [0.4, 0.5) is 0 Å². The molecule has 5 atom stereocenters. The Morgan fingerprint density at radius 3 is 2.05 bits per heavy atom. The third-order valence-corrected chi connectivity index (χ3v) is 3.58. The van der Waals surface area contributed by atoms with Crippen LogP contribution in [-0.4, -0.2) is 112 Å². The predicted molar refractivity (Wildman–Crippen MR) is 74.9 cm³/mol. The maximum atomic E-state index is 9.78. The van der Waals surface area contributed by atoms with Gasteiger partial charge in [-0.25, -0.2) is 0 Å². The molecule has 3 unspecified atom stereocenters. The summed E-state index contributed by atoms with van der Waals surface area (Å²) >= 11 is 0. The van der Waals surface area contributed by atoms with Gasteiger partial charge in [0, 0.05) is 19.6 Å². The zero-order valence-electron chi connectivity index (χ0n) is 12.5. The van der Waals surface area contributed by atoms with Crippen molar-refractivity contribution in [3.8, 4) is 0 Å². The molecule has 1 fully saturated rings. The minimum absolute atomic E-state index is 0.00638. The molecule has 0 saturated carbocycles. The third-order valence-electron chi connectivity index (χ3n) is 3.58. The number of nitrogens with zero attached hydrogens (tertiary/aromatic N) is 1. The van der Waals surface area contributed by atoms with E-state index in [0.717, 1.165) is 0 Å². The molecule has 1 aliphatic rings. The van der Waals surface area contributed by atoms with Crippen LogP contribution in [0.25, 0.3) is 0 Å². The second-order valence-corrected chi connectivity index (χ2v) is 5.21. The zero-order valence-corrected chi connectivity index (χ0v) is 12.5. The molecule has 22 heavy (non-hydrogen) atoms. The molecule has 0 radical (unpaired) electrons. The van der Waals surface area contributed by atoms with Crippen molar-refractivity contribution >= 4 is 0 Å². The molecule has 0 aromatic rings. The monoisotopic (exact) mass is 325 g/mol. The Hall–Kier alpha value is -0.360. The molecule has 1 aliphatic heterocycles. The molecule has 1 heterocycles. The van der Waals surface area contributed by atoms with Crippen LogP contribution in [0.3, 0.4) is 0 Å². The second-order valence-electron chi connectivity index (χ2n) is 5.21. The number of aliphatic hydroxyl groups is 6. The molecule has 0 aromatic heterocycles. The first kappa shape index (κ1) is 19.7. The van der Waals surface area contributed by atoms with E-state index in [-0.39, 0.29) is 19.8 Å². The molecule has 0 amide bonds. The highest BCUT2D eigenvalue weighted by atomic mass is 16.7. The van der Waals surface area contributed by atoms with E-state index in [4.69, 9.17) is 24.8 Å². The molecule has 9 nitrogen and oxygen atoms in total. The maximum Gasteiger partial charge on any atom is 0.186 e. The van der Waals surface area contributed by atoms with E-state index in [1.165, 1.54) is 0 Å². The molecule has 6 N–H and O–H groups in total. The predicted octanol–water partition coefficient (Wildman–Crippen LogP) is -3.52. The average molecular weight is 325 g/mol. The Labute approximate surface area is 129 Å². The van der Waals surface area contributed by atoms with E-state index in [9.17, 15) is 15.3 Å². The maximum absolute atomic E-state index is 9.78. The summed E-state index contributed by atoms with van der Waals surface area (Å²) in [6, 6.07) is 0. The molecule has 1 saturated heterocycles. The molecule has 0 spiro atoms. The third kappa shape index (κ3) is 5.69. The SMILES string of the molecule is OCCN(CCO)CCCO[C@@H]1OC(CO)[C@H](O)C(O)C1O. The summed E-state index contributed by atoms with van der Waals surface area (Å²) < 4.78 is 10.6. The van der Waals surface area contributed by atoms with Crippen LogP contribution >= 0.6 is 0 Å². The Balaban J connectivity index is 2.33. The van der Waals surface area contributed by atoms with E-state index in [0.29, 0.717) is 26.1 Å². The number of hydrogen-bond donors (Lipinski definition) is 6. The number of aliphatic hydroxyl groups excluding tert-OH is 6. The fraction of sp³-hybridized carbons (Fsp3) is 1.00. The van der Waals surface area contributed by atoms with Crippen molar-refractivity contribution in [2.75, 3.05) is 46.1 Å². The number of hydrogen-bond acceptors (Lipinski definition) is 9. The summed E-state index contributed by atoms with van der Waals surface area (Å²) in [4.78, 5) is 1.86. The van der Waals surface area contributed by atoms with Crippen LogP contribution in [0.5, 0.6) is 0 Å². The Morgan fingerprint density at radius 1 is 0.864 bits per heavy atom. The van der Waals surface area contributed by atoms with Crippen molar-refractivity contribution < 1.29 is 40.1 Å². The molecule has 9 heteroatoms. The van der Waals surface area contributed by atoms with Gasteiger partial charge >= 0.3 is 0 Å². The van der Waals surface area contributed by atoms with Crippen molar-refractivity contribution in [1.82, 2.24) is 4.90 Å². The molecule has 132 valence electrons. The van der Waals surface area contributed by atoms with Gasteiger partial charge in [0.25, 0.3) is 0 Å². The van der Waals surface area contributed by atoms with Gasteiger partial charge in [-0.2, -0.15) is 0 Å². The van der Waals surface area contributed by atoms with Crippen LogP contribution in [0.2, 0.25) is 0 Å². The largest absolute Gasteiger partial charge is 0.395 e. The highest BCUT2D eigenvalue weighted by Gasteiger charge is 2.43. The fourth-order valence-electron chi connectivity index (χ4n) is 2.31. The summed E-state index contributed by atoms with van der Waals surface area (Å²) in [5.41, 5.74) is 0. The van der Waals surface area contributed by atoms with Crippen LogP contribution in [0.15, 0.2) is 0 Å². The standard InChI is InChI=1S/C13H27NO8/c15-5-3-14(4-6-16)2-1-7-21-13-12(20)11(19)10(18)9(8-17)22-13/h9-13,15-20H,1-8H2/t9?,10-,11?,12?,13+/m0/s1. The number of ether oxygens (including phenoxy) is 2. The summed E-state index contributed by atoms with van der Waals surface area (Å²) in [7, 11) is 0. The van der Waals surface area contributed by atoms with Crippen molar-refractivity contribution in [1.29, 1.82) is 0 Å². The van der Waals surface area contributed by atoms with Crippen LogP contribution in [0, 0.1) is 0 Å². The summed E-state index contributed by atoms with van der Waals surface area (Å²) in [5.74, 6) is 0. The van der Waals surface area contributed by atoms with Crippen molar-refractivity contribution in [2.24, 2.45) is 0 Å². The van der Waals surface area contributed by atoms with Gasteiger partial charge in [-0.15, -0.1) is 0 Å². The molecular formula is C13H27NO8.